The molecule has 0 aliphatic carbocycles. The highest BCUT2D eigenvalue weighted by Gasteiger charge is 2.29. The van der Waals surface area contributed by atoms with Crippen LogP contribution in [0.25, 0.3) is 0 Å². The predicted octanol–water partition coefficient (Wildman–Crippen LogP) is 2.64. The number of rotatable bonds is 3. The largest absolute Gasteiger partial charge is 0.444 e. The number of nitrogens with zero attached hydrogens (tertiary/aromatic N) is 1. The average molecular weight is 443 g/mol. The summed E-state index contributed by atoms with van der Waals surface area (Å²) in [5.74, 6) is 0.147. The van der Waals surface area contributed by atoms with Gasteiger partial charge in [0.05, 0.1) is 6.04 Å². The number of likely N-dealkylation sites (tertiary alicyclic amines) is 1. The molecule has 2 fully saturated rings. The molecular formula is C22H42N4O5. The Morgan fingerprint density at radius 1 is 0.903 bits per heavy atom. The van der Waals surface area contributed by atoms with E-state index in [-0.39, 0.29) is 30.0 Å². The minimum atomic E-state index is -0.490. The molecule has 2 rings (SSSR count). The minimum Gasteiger partial charge on any atom is -0.444 e. The Balaban J connectivity index is 0.000000327. The van der Waals surface area contributed by atoms with Gasteiger partial charge in [0.2, 0.25) is 5.91 Å². The molecule has 0 aromatic carbocycles. The molecule has 2 aliphatic heterocycles. The number of nitrogens with one attached hydrogen (secondary N) is 3. The van der Waals surface area contributed by atoms with Crippen LogP contribution in [0.1, 0.15) is 68.2 Å². The van der Waals surface area contributed by atoms with Crippen molar-refractivity contribution in [3.63, 3.8) is 0 Å². The van der Waals surface area contributed by atoms with Gasteiger partial charge in [-0.1, -0.05) is 13.8 Å². The summed E-state index contributed by atoms with van der Waals surface area (Å²) in [6, 6.07) is 0.234. The first-order valence-electron chi connectivity index (χ1n) is 11.1. The molecule has 2 aliphatic rings. The number of hydrogen-bond acceptors (Lipinski definition) is 6. The number of ether oxygens (including phenoxy) is 2. The lowest BCUT2D eigenvalue weighted by Gasteiger charge is -2.22. The second kappa shape index (κ2) is 11.5. The van der Waals surface area contributed by atoms with E-state index in [2.05, 4.69) is 16.0 Å². The van der Waals surface area contributed by atoms with Crippen molar-refractivity contribution in [1.82, 2.24) is 20.9 Å². The maximum Gasteiger partial charge on any atom is 0.407 e. The molecule has 0 aromatic rings. The van der Waals surface area contributed by atoms with Crippen molar-refractivity contribution in [2.45, 2.75) is 91.5 Å². The monoisotopic (exact) mass is 442 g/mol. The summed E-state index contributed by atoms with van der Waals surface area (Å²) in [6.45, 7) is 17.9. The van der Waals surface area contributed by atoms with Crippen molar-refractivity contribution in [2.75, 3.05) is 26.2 Å². The maximum absolute atomic E-state index is 11.8. The second-order valence-corrected chi connectivity index (χ2v) is 10.4. The Morgan fingerprint density at radius 2 is 1.42 bits per heavy atom. The lowest BCUT2D eigenvalue weighted by atomic mass is 10.2. The summed E-state index contributed by atoms with van der Waals surface area (Å²) in [7, 11) is 0. The molecule has 3 N–H and O–H groups in total. The number of carbonyl (C=O) groups excluding carboxylic acids is 3. The summed E-state index contributed by atoms with van der Waals surface area (Å²) in [6.07, 6.45) is 1.05. The van der Waals surface area contributed by atoms with Crippen LogP contribution in [0.4, 0.5) is 9.59 Å². The fourth-order valence-corrected chi connectivity index (χ4v) is 3.17. The molecule has 0 radical (unpaired) electrons. The van der Waals surface area contributed by atoms with Gasteiger partial charge in [-0.15, -0.1) is 0 Å². The normalized spacial score (nSPS) is 21.3. The first kappa shape index (κ1) is 27.0. The van der Waals surface area contributed by atoms with Crippen LogP contribution in [0.5, 0.6) is 0 Å². The van der Waals surface area contributed by atoms with Crippen molar-refractivity contribution in [3.8, 4) is 0 Å². The van der Waals surface area contributed by atoms with E-state index in [0.29, 0.717) is 13.1 Å². The molecule has 0 saturated carbocycles. The van der Waals surface area contributed by atoms with E-state index in [4.69, 9.17) is 9.47 Å². The first-order chi connectivity index (χ1) is 14.2. The molecule has 31 heavy (non-hydrogen) atoms. The third-order valence-corrected chi connectivity index (χ3v) is 4.50. The van der Waals surface area contributed by atoms with Crippen LogP contribution in [0.2, 0.25) is 0 Å². The van der Waals surface area contributed by atoms with Crippen LogP contribution in [-0.4, -0.2) is 72.5 Å². The fraction of sp³-hybridized carbons (Fsp3) is 0.864. The Hall–Kier alpha value is -2.03. The molecule has 0 aromatic heterocycles. The van der Waals surface area contributed by atoms with Gasteiger partial charge in [0.1, 0.15) is 11.2 Å². The topological polar surface area (TPSA) is 109 Å². The SMILES string of the molecule is CC(C)(C)OC(=O)NC1CCNC1.CC(C)C(=O)N1CCC(NC(=O)OC(C)(C)C)C1. The molecule has 180 valence electrons. The summed E-state index contributed by atoms with van der Waals surface area (Å²) < 4.78 is 10.3. The first-order valence-corrected chi connectivity index (χ1v) is 11.1. The van der Waals surface area contributed by atoms with Crippen molar-refractivity contribution in [3.05, 3.63) is 0 Å². The highest BCUT2D eigenvalue weighted by atomic mass is 16.6. The molecule has 2 unspecified atom stereocenters. The number of carbonyl (C=O) groups is 3. The third kappa shape index (κ3) is 11.8. The Bertz CT molecular complexity index is 604. The smallest absolute Gasteiger partial charge is 0.407 e. The molecule has 2 saturated heterocycles. The van der Waals surface area contributed by atoms with E-state index < -0.39 is 17.3 Å². The summed E-state index contributed by atoms with van der Waals surface area (Å²) in [5.41, 5.74) is -0.897. The van der Waals surface area contributed by atoms with E-state index in [0.717, 1.165) is 25.9 Å². The second-order valence-electron chi connectivity index (χ2n) is 10.4. The van der Waals surface area contributed by atoms with Gasteiger partial charge in [-0.25, -0.2) is 9.59 Å². The molecule has 3 amide bonds. The zero-order valence-corrected chi connectivity index (χ0v) is 20.5. The molecule has 9 heteroatoms. The van der Waals surface area contributed by atoms with Gasteiger partial charge in [0, 0.05) is 31.6 Å². The van der Waals surface area contributed by atoms with Crippen LogP contribution in [0.15, 0.2) is 0 Å². The Labute approximate surface area is 187 Å². The number of amides is 3. The van der Waals surface area contributed by atoms with Gasteiger partial charge in [-0.3, -0.25) is 4.79 Å². The fourth-order valence-electron chi connectivity index (χ4n) is 3.17. The molecule has 9 nitrogen and oxygen atoms in total. The van der Waals surface area contributed by atoms with E-state index in [1.54, 1.807) is 4.90 Å². The highest BCUT2D eigenvalue weighted by molar-refractivity contribution is 5.78. The number of alkyl carbamates (subject to hydrolysis) is 2. The van der Waals surface area contributed by atoms with Gasteiger partial charge in [-0.2, -0.15) is 0 Å². The summed E-state index contributed by atoms with van der Waals surface area (Å²) in [4.78, 5) is 36.4. The van der Waals surface area contributed by atoms with Gasteiger partial charge < -0.3 is 30.3 Å². The molecule has 0 spiro atoms. The van der Waals surface area contributed by atoms with Crippen LogP contribution in [0, 0.1) is 5.92 Å². The van der Waals surface area contributed by atoms with Crippen molar-refractivity contribution < 1.29 is 23.9 Å². The van der Waals surface area contributed by atoms with Crippen molar-refractivity contribution >= 4 is 18.1 Å². The third-order valence-electron chi connectivity index (χ3n) is 4.50. The molecule has 2 heterocycles. The van der Waals surface area contributed by atoms with E-state index in [1.807, 2.05) is 55.4 Å². The quantitative estimate of drug-likeness (QED) is 0.620. The summed E-state index contributed by atoms with van der Waals surface area (Å²) in [5, 5.41) is 8.79. The van der Waals surface area contributed by atoms with Gasteiger partial charge >= 0.3 is 12.2 Å². The highest BCUT2D eigenvalue weighted by Crippen LogP contribution is 2.14. The zero-order chi connectivity index (χ0) is 23.8. The standard InChI is InChI=1S/C13H24N2O3.C9H18N2O2/c1-9(2)11(16)15-7-6-10(8-15)14-12(17)18-13(3,4)5;1-9(2,3)13-8(12)11-7-4-5-10-6-7/h9-10H,6-8H2,1-5H3,(H,14,17);7,10H,4-6H2,1-3H3,(H,11,12). The van der Waals surface area contributed by atoms with Crippen LogP contribution in [0.3, 0.4) is 0 Å². The average Bonchev–Trinajstić information content (AvgIpc) is 3.23. The van der Waals surface area contributed by atoms with E-state index >= 15 is 0 Å². The van der Waals surface area contributed by atoms with Crippen LogP contribution >= 0.6 is 0 Å². The predicted molar refractivity (Wildman–Crippen MR) is 120 cm³/mol. The van der Waals surface area contributed by atoms with Gasteiger partial charge in [-0.05, 0) is 60.9 Å². The zero-order valence-electron chi connectivity index (χ0n) is 20.5. The lowest BCUT2D eigenvalue weighted by molar-refractivity contribution is -0.133. The van der Waals surface area contributed by atoms with Crippen molar-refractivity contribution in [2.24, 2.45) is 5.92 Å². The van der Waals surface area contributed by atoms with Crippen molar-refractivity contribution in [1.29, 1.82) is 0 Å². The lowest BCUT2D eigenvalue weighted by Crippen LogP contribution is -2.41. The van der Waals surface area contributed by atoms with Gasteiger partial charge in [0.15, 0.2) is 0 Å². The Morgan fingerprint density at radius 3 is 1.84 bits per heavy atom. The molecule has 0 bridgehead atoms. The van der Waals surface area contributed by atoms with Crippen LogP contribution < -0.4 is 16.0 Å². The maximum atomic E-state index is 11.8. The minimum absolute atomic E-state index is 0.00236. The van der Waals surface area contributed by atoms with E-state index in [9.17, 15) is 14.4 Å². The molecular weight excluding hydrogens is 400 g/mol. The van der Waals surface area contributed by atoms with Crippen LogP contribution in [-0.2, 0) is 14.3 Å². The number of hydrogen-bond donors (Lipinski definition) is 3. The Kier molecular flexibility index (Phi) is 10.1. The summed E-state index contributed by atoms with van der Waals surface area (Å²) >= 11 is 0. The molecule has 2 atom stereocenters. The van der Waals surface area contributed by atoms with E-state index in [1.165, 1.54) is 0 Å². The van der Waals surface area contributed by atoms with Gasteiger partial charge in [0.25, 0.3) is 0 Å².